The van der Waals surface area contributed by atoms with E-state index in [2.05, 4.69) is 11.9 Å². The van der Waals surface area contributed by atoms with Crippen molar-refractivity contribution in [3.63, 3.8) is 0 Å². The molecule has 0 amide bonds. The van der Waals surface area contributed by atoms with Crippen molar-refractivity contribution in [1.29, 1.82) is 0 Å². The van der Waals surface area contributed by atoms with Gasteiger partial charge in [0.05, 0.1) is 5.69 Å². The fourth-order valence-corrected chi connectivity index (χ4v) is 3.07. The van der Waals surface area contributed by atoms with Gasteiger partial charge in [-0.3, -0.25) is 4.98 Å². The van der Waals surface area contributed by atoms with E-state index in [1.54, 1.807) is 25.4 Å². The molecule has 0 bridgehead atoms. The van der Waals surface area contributed by atoms with Crippen LogP contribution in [-0.2, 0) is 16.6 Å². The molecular formula is C12H21N3O2S. The fourth-order valence-electron chi connectivity index (χ4n) is 1.68. The van der Waals surface area contributed by atoms with Crippen molar-refractivity contribution >= 4 is 10.0 Å². The van der Waals surface area contributed by atoms with Crippen LogP contribution in [0.4, 0.5) is 0 Å². The number of hydrogen-bond acceptors (Lipinski definition) is 4. The Bertz CT molecular complexity index is 474. The topological polar surface area (TPSA) is 76.3 Å². The van der Waals surface area contributed by atoms with Gasteiger partial charge in [-0.25, -0.2) is 12.7 Å². The van der Waals surface area contributed by atoms with Crippen LogP contribution >= 0.6 is 0 Å². The fraction of sp³-hybridized carbons (Fsp3) is 0.583. The summed E-state index contributed by atoms with van der Waals surface area (Å²) in [7, 11) is -1.88. The van der Waals surface area contributed by atoms with Crippen LogP contribution in [0, 0.1) is 0 Å². The van der Waals surface area contributed by atoms with E-state index in [9.17, 15) is 8.42 Å². The van der Waals surface area contributed by atoms with Gasteiger partial charge in [0.15, 0.2) is 0 Å². The minimum absolute atomic E-state index is 0.123. The number of pyridine rings is 1. The van der Waals surface area contributed by atoms with Crippen LogP contribution in [-0.4, -0.2) is 31.3 Å². The molecule has 1 rings (SSSR count). The van der Waals surface area contributed by atoms with Crippen molar-refractivity contribution in [3.8, 4) is 0 Å². The van der Waals surface area contributed by atoms with Gasteiger partial charge in [-0.2, -0.15) is 0 Å². The van der Waals surface area contributed by atoms with Gasteiger partial charge in [0.25, 0.3) is 0 Å². The lowest BCUT2D eigenvalue weighted by Crippen LogP contribution is -2.29. The number of rotatable bonds is 7. The Balaban J connectivity index is 2.91. The maximum Gasteiger partial charge on any atom is 0.244 e. The van der Waals surface area contributed by atoms with Gasteiger partial charge in [0.2, 0.25) is 10.0 Å². The lowest BCUT2D eigenvalue weighted by atomic mass is 10.2. The first-order valence-electron chi connectivity index (χ1n) is 6.14. The van der Waals surface area contributed by atoms with Crippen LogP contribution in [0.15, 0.2) is 23.2 Å². The highest BCUT2D eigenvalue weighted by Gasteiger charge is 2.23. The maximum absolute atomic E-state index is 12.3. The predicted molar refractivity (Wildman–Crippen MR) is 71.5 cm³/mol. The van der Waals surface area contributed by atoms with E-state index >= 15 is 0 Å². The van der Waals surface area contributed by atoms with Crippen LogP contribution in [0.1, 0.15) is 31.9 Å². The molecule has 0 radical (unpaired) electrons. The van der Waals surface area contributed by atoms with E-state index in [1.807, 2.05) is 0 Å². The average molecular weight is 271 g/mol. The first-order chi connectivity index (χ1) is 8.54. The van der Waals surface area contributed by atoms with Crippen molar-refractivity contribution in [2.24, 2.45) is 5.73 Å². The molecule has 1 heterocycles. The summed E-state index contributed by atoms with van der Waals surface area (Å²) in [5.41, 5.74) is 5.94. The minimum atomic E-state index is -3.47. The van der Waals surface area contributed by atoms with Crippen molar-refractivity contribution in [2.75, 3.05) is 13.6 Å². The molecule has 0 unspecified atom stereocenters. The van der Waals surface area contributed by atoms with Gasteiger partial charge < -0.3 is 5.73 Å². The highest BCUT2D eigenvalue weighted by Crippen LogP contribution is 2.17. The second kappa shape index (κ2) is 6.82. The second-order valence-corrected chi connectivity index (χ2v) is 6.20. The Labute approximate surface area is 109 Å². The monoisotopic (exact) mass is 271 g/mol. The number of unbranched alkanes of at least 4 members (excludes halogenated alkanes) is 2. The quantitative estimate of drug-likeness (QED) is 0.759. The number of sulfonamides is 1. The third-order valence-corrected chi connectivity index (χ3v) is 4.74. The summed E-state index contributed by atoms with van der Waals surface area (Å²) in [6.07, 6.45) is 4.51. The maximum atomic E-state index is 12.3. The third-order valence-electron chi connectivity index (χ3n) is 2.81. The van der Waals surface area contributed by atoms with Crippen LogP contribution < -0.4 is 5.73 Å². The molecule has 1 aromatic rings. The van der Waals surface area contributed by atoms with E-state index in [1.165, 1.54) is 4.31 Å². The van der Waals surface area contributed by atoms with Gasteiger partial charge in [0, 0.05) is 26.3 Å². The highest BCUT2D eigenvalue weighted by molar-refractivity contribution is 7.89. The summed E-state index contributed by atoms with van der Waals surface area (Å²) in [6, 6.07) is 3.17. The average Bonchev–Trinajstić information content (AvgIpc) is 2.38. The molecule has 1 aromatic heterocycles. The van der Waals surface area contributed by atoms with Crippen molar-refractivity contribution < 1.29 is 8.42 Å². The Kier molecular flexibility index (Phi) is 5.71. The van der Waals surface area contributed by atoms with Crippen molar-refractivity contribution in [1.82, 2.24) is 9.29 Å². The lowest BCUT2D eigenvalue weighted by Gasteiger charge is -2.18. The molecule has 0 aliphatic carbocycles. The summed E-state index contributed by atoms with van der Waals surface area (Å²) in [5, 5.41) is 0. The summed E-state index contributed by atoms with van der Waals surface area (Å²) < 4.78 is 26.0. The SMILES string of the molecule is CCCCCN(C)S(=O)(=O)c1cccnc1CN. The Morgan fingerprint density at radius 3 is 2.72 bits per heavy atom. The smallest absolute Gasteiger partial charge is 0.244 e. The lowest BCUT2D eigenvalue weighted by molar-refractivity contribution is 0.453. The van der Waals surface area contributed by atoms with Crippen molar-refractivity contribution in [3.05, 3.63) is 24.0 Å². The molecule has 2 N–H and O–H groups in total. The molecular weight excluding hydrogens is 250 g/mol. The zero-order chi connectivity index (χ0) is 13.6. The van der Waals surface area contributed by atoms with E-state index in [0.29, 0.717) is 12.2 Å². The summed E-state index contributed by atoms with van der Waals surface area (Å²) in [5.74, 6) is 0. The minimum Gasteiger partial charge on any atom is -0.325 e. The van der Waals surface area contributed by atoms with Gasteiger partial charge in [0.1, 0.15) is 4.90 Å². The molecule has 0 atom stereocenters. The molecule has 0 spiro atoms. The molecule has 18 heavy (non-hydrogen) atoms. The summed E-state index contributed by atoms with van der Waals surface area (Å²) in [6.45, 7) is 2.73. The summed E-state index contributed by atoms with van der Waals surface area (Å²) >= 11 is 0. The molecule has 0 aromatic carbocycles. The predicted octanol–water partition coefficient (Wildman–Crippen LogP) is 1.35. The van der Waals surface area contributed by atoms with E-state index in [4.69, 9.17) is 5.73 Å². The first kappa shape index (κ1) is 15.1. The van der Waals surface area contributed by atoms with E-state index in [0.717, 1.165) is 19.3 Å². The first-order valence-corrected chi connectivity index (χ1v) is 7.58. The molecule has 0 saturated heterocycles. The molecule has 6 heteroatoms. The number of nitrogens with zero attached hydrogens (tertiary/aromatic N) is 2. The zero-order valence-electron chi connectivity index (χ0n) is 11.0. The Hall–Kier alpha value is -0.980. The normalized spacial score (nSPS) is 12.0. The van der Waals surface area contributed by atoms with E-state index < -0.39 is 10.0 Å². The Morgan fingerprint density at radius 1 is 1.39 bits per heavy atom. The van der Waals surface area contributed by atoms with Crippen LogP contribution in [0.2, 0.25) is 0 Å². The van der Waals surface area contributed by atoms with Crippen LogP contribution in [0.3, 0.4) is 0 Å². The van der Waals surface area contributed by atoms with Crippen molar-refractivity contribution in [2.45, 2.75) is 37.6 Å². The van der Waals surface area contributed by atoms with Gasteiger partial charge in [-0.05, 0) is 18.6 Å². The van der Waals surface area contributed by atoms with Crippen LogP contribution in [0.5, 0.6) is 0 Å². The van der Waals surface area contributed by atoms with E-state index in [-0.39, 0.29) is 11.4 Å². The molecule has 0 aliphatic heterocycles. The Morgan fingerprint density at radius 2 is 2.11 bits per heavy atom. The highest BCUT2D eigenvalue weighted by atomic mass is 32.2. The molecule has 0 aliphatic rings. The summed E-state index contributed by atoms with van der Waals surface area (Å²) in [4.78, 5) is 4.23. The third kappa shape index (κ3) is 3.51. The molecule has 0 saturated carbocycles. The van der Waals surface area contributed by atoms with Gasteiger partial charge in [-0.15, -0.1) is 0 Å². The number of hydrogen-bond donors (Lipinski definition) is 1. The van der Waals surface area contributed by atoms with Crippen LogP contribution in [0.25, 0.3) is 0 Å². The number of nitrogens with two attached hydrogens (primary N) is 1. The largest absolute Gasteiger partial charge is 0.325 e. The molecule has 102 valence electrons. The standard InChI is InChI=1S/C12H21N3O2S/c1-3-4-5-9-15(2)18(16,17)12-7-6-8-14-11(12)10-13/h6-8H,3-5,9-10,13H2,1-2H3. The zero-order valence-corrected chi connectivity index (χ0v) is 11.8. The van der Waals surface area contributed by atoms with Gasteiger partial charge >= 0.3 is 0 Å². The second-order valence-electron chi connectivity index (χ2n) is 4.19. The molecule has 0 fully saturated rings. The molecule has 5 nitrogen and oxygen atoms in total. The van der Waals surface area contributed by atoms with Gasteiger partial charge in [-0.1, -0.05) is 19.8 Å². The number of aromatic nitrogens is 1.